The van der Waals surface area contributed by atoms with Crippen LogP contribution in [0.15, 0.2) is 36.4 Å². The van der Waals surface area contributed by atoms with E-state index in [1.165, 1.54) is 5.56 Å². The first-order valence-electron chi connectivity index (χ1n) is 4.89. The molecule has 1 aromatic carbocycles. The molecular weight excluding hydrogens is 172 g/mol. The summed E-state index contributed by atoms with van der Waals surface area (Å²) in [5.74, 6) is 5.47. The van der Waals surface area contributed by atoms with Gasteiger partial charge in [-0.1, -0.05) is 43.3 Å². The standard InChI is InChI=1S/C12H18N2/c1-4-10-5-7-11(8-6-10)12(14-13)9(2)3/h5-8,12,14H,2,4,13H2,1,3H3. The maximum absolute atomic E-state index is 5.47. The predicted octanol–water partition coefficient (Wildman–Crippen LogP) is 2.33. The number of rotatable bonds is 4. The summed E-state index contributed by atoms with van der Waals surface area (Å²) in [6.45, 7) is 8.02. The molecule has 0 aromatic heterocycles. The molecule has 1 atom stereocenters. The minimum Gasteiger partial charge on any atom is -0.271 e. The fourth-order valence-electron chi connectivity index (χ4n) is 1.47. The van der Waals surface area contributed by atoms with Crippen LogP contribution in [-0.4, -0.2) is 0 Å². The van der Waals surface area contributed by atoms with Gasteiger partial charge in [0.1, 0.15) is 0 Å². The van der Waals surface area contributed by atoms with E-state index in [4.69, 9.17) is 5.84 Å². The molecular formula is C12H18N2. The summed E-state index contributed by atoms with van der Waals surface area (Å²) in [5.41, 5.74) is 6.28. The van der Waals surface area contributed by atoms with Crippen LogP contribution in [0, 0.1) is 0 Å². The summed E-state index contributed by atoms with van der Waals surface area (Å²) >= 11 is 0. The Bertz CT molecular complexity index is 301. The monoisotopic (exact) mass is 190 g/mol. The normalized spacial score (nSPS) is 12.5. The summed E-state index contributed by atoms with van der Waals surface area (Å²) in [6.07, 6.45) is 1.06. The van der Waals surface area contributed by atoms with Crippen molar-refractivity contribution in [2.45, 2.75) is 26.3 Å². The molecule has 2 heteroatoms. The van der Waals surface area contributed by atoms with Crippen LogP contribution in [0.3, 0.4) is 0 Å². The van der Waals surface area contributed by atoms with Gasteiger partial charge in [-0.3, -0.25) is 5.84 Å². The van der Waals surface area contributed by atoms with E-state index in [1.54, 1.807) is 0 Å². The molecule has 0 saturated heterocycles. The summed E-state index contributed by atoms with van der Waals surface area (Å²) in [4.78, 5) is 0. The molecule has 14 heavy (non-hydrogen) atoms. The minimum atomic E-state index is 0.0564. The quantitative estimate of drug-likeness (QED) is 0.434. The Labute approximate surface area is 85.8 Å². The van der Waals surface area contributed by atoms with Gasteiger partial charge in [0.25, 0.3) is 0 Å². The Balaban J connectivity index is 2.89. The number of aryl methyl sites for hydroxylation is 1. The fourth-order valence-corrected chi connectivity index (χ4v) is 1.47. The van der Waals surface area contributed by atoms with Crippen molar-refractivity contribution in [1.29, 1.82) is 0 Å². The third-order valence-corrected chi connectivity index (χ3v) is 2.38. The van der Waals surface area contributed by atoms with Gasteiger partial charge >= 0.3 is 0 Å². The number of hydrogen-bond acceptors (Lipinski definition) is 2. The Morgan fingerprint density at radius 3 is 2.36 bits per heavy atom. The first-order valence-corrected chi connectivity index (χ1v) is 4.89. The van der Waals surface area contributed by atoms with E-state index in [1.807, 2.05) is 6.92 Å². The van der Waals surface area contributed by atoms with Crippen molar-refractivity contribution in [2.75, 3.05) is 0 Å². The van der Waals surface area contributed by atoms with Gasteiger partial charge in [0, 0.05) is 0 Å². The molecule has 76 valence electrons. The number of hydrogen-bond donors (Lipinski definition) is 2. The van der Waals surface area contributed by atoms with Crippen molar-refractivity contribution < 1.29 is 0 Å². The van der Waals surface area contributed by atoms with E-state index < -0.39 is 0 Å². The van der Waals surface area contributed by atoms with E-state index in [0.29, 0.717) is 0 Å². The van der Waals surface area contributed by atoms with Gasteiger partial charge in [0.15, 0.2) is 0 Å². The Kier molecular flexibility index (Phi) is 3.86. The highest BCUT2D eigenvalue weighted by atomic mass is 15.2. The second kappa shape index (κ2) is 4.94. The zero-order valence-corrected chi connectivity index (χ0v) is 8.88. The average molecular weight is 190 g/mol. The Hall–Kier alpha value is -1.12. The lowest BCUT2D eigenvalue weighted by Gasteiger charge is -2.16. The first-order chi connectivity index (χ1) is 6.69. The molecule has 0 radical (unpaired) electrons. The van der Waals surface area contributed by atoms with Crippen LogP contribution in [0.1, 0.15) is 31.0 Å². The molecule has 2 nitrogen and oxygen atoms in total. The van der Waals surface area contributed by atoms with E-state index in [9.17, 15) is 0 Å². The third kappa shape index (κ3) is 2.44. The topological polar surface area (TPSA) is 38.0 Å². The molecule has 0 saturated carbocycles. The van der Waals surface area contributed by atoms with Crippen molar-refractivity contribution in [1.82, 2.24) is 5.43 Å². The van der Waals surface area contributed by atoms with Crippen molar-refractivity contribution in [3.63, 3.8) is 0 Å². The minimum absolute atomic E-state index is 0.0564. The molecule has 0 amide bonds. The first kappa shape index (κ1) is 11.0. The molecule has 1 unspecified atom stereocenters. The van der Waals surface area contributed by atoms with Crippen molar-refractivity contribution in [3.05, 3.63) is 47.5 Å². The van der Waals surface area contributed by atoms with Gasteiger partial charge in [0.05, 0.1) is 6.04 Å². The van der Waals surface area contributed by atoms with Gasteiger partial charge in [0.2, 0.25) is 0 Å². The molecule has 1 aromatic rings. The molecule has 0 aliphatic heterocycles. The smallest absolute Gasteiger partial charge is 0.0664 e. The van der Waals surface area contributed by atoms with E-state index in [2.05, 4.69) is 43.2 Å². The van der Waals surface area contributed by atoms with Crippen molar-refractivity contribution >= 4 is 0 Å². The molecule has 1 rings (SSSR count). The summed E-state index contributed by atoms with van der Waals surface area (Å²) in [7, 11) is 0. The maximum atomic E-state index is 5.47. The number of hydrazine groups is 1. The summed E-state index contributed by atoms with van der Waals surface area (Å²) in [5, 5.41) is 0. The third-order valence-electron chi connectivity index (χ3n) is 2.38. The highest BCUT2D eigenvalue weighted by Gasteiger charge is 2.08. The molecule has 0 aliphatic carbocycles. The van der Waals surface area contributed by atoms with Gasteiger partial charge in [-0.05, 0) is 24.5 Å². The molecule has 3 N–H and O–H groups in total. The van der Waals surface area contributed by atoms with Crippen molar-refractivity contribution in [2.24, 2.45) is 5.84 Å². The van der Waals surface area contributed by atoms with Gasteiger partial charge in [-0.15, -0.1) is 0 Å². The predicted molar refractivity (Wildman–Crippen MR) is 60.7 cm³/mol. The lowest BCUT2D eigenvalue weighted by Crippen LogP contribution is -2.28. The fraction of sp³-hybridized carbons (Fsp3) is 0.333. The van der Waals surface area contributed by atoms with Crippen LogP contribution in [0.25, 0.3) is 0 Å². The molecule has 0 fully saturated rings. The van der Waals surface area contributed by atoms with E-state index >= 15 is 0 Å². The van der Waals surface area contributed by atoms with Crippen LogP contribution in [0.5, 0.6) is 0 Å². The highest BCUT2D eigenvalue weighted by Crippen LogP contribution is 2.19. The molecule has 0 bridgehead atoms. The summed E-state index contributed by atoms with van der Waals surface area (Å²) < 4.78 is 0. The van der Waals surface area contributed by atoms with E-state index in [-0.39, 0.29) is 6.04 Å². The molecule has 0 aliphatic rings. The van der Waals surface area contributed by atoms with Gasteiger partial charge < -0.3 is 0 Å². The lowest BCUT2D eigenvalue weighted by molar-refractivity contribution is 0.627. The van der Waals surface area contributed by atoms with Gasteiger partial charge in [-0.25, -0.2) is 5.43 Å². The molecule has 0 spiro atoms. The highest BCUT2D eigenvalue weighted by molar-refractivity contribution is 5.29. The zero-order chi connectivity index (χ0) is 10.6. The number of benzene rings is 1. The largest absolute Gasteiger partial charge is 0.271 e. The number of nitrogens with one attached hydrogen (secondary N) is 1. The van der Waals surface area contributed by atoms with Gasteiger partial charge in [-0.2, -0.15) is 0 Å². The van der Waals surface area contributed by atoms with Crippen LogP contribution >= 0.6 is 0 Å². The van der Waals surface area contributed by atoms with Crippen molar-refractivity contribution in [3.8, 4) is 0 Å². The maximum Gasteiger partial charge on any atom is 0.0664 e. The lowest BCUT2D eigenvalue weighted by atomic mass is 10.00. The Morgan fingerprint density at radius 2 is 2.00 bits per heavy atom. The number of nitrogens with two attached hydrogens (primary N) is 1. The van der Waals surface area contributed by atoms with Crippen LogP contribution < -0.4 is 11.3 Å². The molecule has 0 heterocycles. The second-order valence-electron chi connectivity index (χ2n) is 3.54. The van der Waals surface area contributed by atoms with Crippen LogP contribution in [-0.2, 0) is 6.42 Å². The SMILES string of the molecule is C=C(C)C(NN)c1ccc(CC)cc1. The summed E-state index contributed by atoms with van der Waals surface area (Å²) in [6, 6.07) is 8.50. The van der Waals surface area contributed by atoms with Crippen LogP contribution in [0.2, 0.25) is 0 Å². The Morgan fingerprint density at radius 1 is 1.43 bits per heavy atom. The zero-order valence-electron chi connectivity index (χ0n) is 8.88. The second-order valence-corrected chi connectivity index (χ2v) is 3.54. The van der Waals surface area contributed by atoms with Crippen LogP contribution in [0.4, 0.5) is 0 Å². The average Bonchev–Trinajstić information content (AvgIpc) is 2.19. The van der Waals surface area contributed by atoms with E-state index in [0.717, 1.165) is 17.6 Å².